The van der Waals surface area contributed by atoms with Gasteiger partial charge in [-0.25, -0.2) is 4.57 Å². The van der Waals surface area contributed by atoms with Gasteiger partial charge >= 0.3 is 0 Å². The van der Waals surface area contributed by atoms with Crippen molar-refractivity contribution in [2.24, 2.45) is 12.5 Å². The molecule has 0 fully saturated rings. The molecule has 3 aromatic heterocycles. The van der Waals surface area contributed by atoms with Crippen LogP contribution in [0.15, 0.2) is 23.8 Å². The fraction of sp³-hybridized carbons (Fsp3) is 0.333. The summed E-state index contributed by atoms with van der Waals surface area (Å²) in [5.41, 5.74) is 3.93. The zero-order chi connectivity index (χ0) is 18.2. The lowest BCUT2D eigenvalue weighted by Gasteiger charge is -2.22. The minimum atomic E-state index is 0.205. The van der Waals surface area contributed by atoms with Crippen molar-refractivity contribution in [3.8, 4) is 22.8 Å². The number of hydrogen-bond acceptors (Lipinski definition) is 4. The molecule has 4 aromatic rings. The number of benzene rings is 1. The Balaban J connectivity index is 1.88. The Hall–Kier alpha value is -1.98. The predicted molar refractivity (Wildman–Crippen MR) is 110 cm³/mol. The minimum Gasteiger partial charge on any atom is -0.454 e. The Morgan fingerprint density at radius 2 is 2.08 bits per heavy atom. The average molecular weight is 382 g/mol. The van der Waals surface area contributed by atoms with E-state index in [4.69, 9.17) is 9.72 Å². The molecule has 0 saturated carbocycles. The summed E-state index contributed by atoms with van der Waals surface area (Å²) in [6, 6.07) is 4.41. The van der Waals surface area contributed by atoms with Gasteiger partial charge in [0.05, 0.1) is 17.5 Å². The molecule has 0 saturated heterocycles. The molecule has 1 aliphatic rings. The molecule has 0 amide bonds. The lowest BCUT2D eigenvalue weighted by Crippen LogP contribution is -2.32. The molecule has 26 heavy (non-hydrogen) atoms. The van der Waals surface area contributed by atoms with Crippen LogP contribution in [0.25, 0.3) is 31.6 Å². The SMILES string of the molecule is Cc1c2c(cc3sccc13)Oc1c(CC(C)(C)C)sc3nc[n+](C)c-2c13. The van der Waals surface area contributed by atoms with Crippen molar-refractivity contribution >= 4 is 43.0 Å². The highest BCUT2D eigenvalue weighted by atomic mass is 32.1. The van der Waals surface area contributed by atoms with Crippen LogP contribution >= 0.6 is 22.7 Å². The van der Waals surface area contributed by atoms with Crippen molar-refractivity contribution in [1.29, 1.82) is 0 Å². The van der Waals surface area contributed by atoms with Crippen LogP contribution in [-0.4, -0.2) is 4.98 Å². The zero-order valence-corrected chi connectivity index (χ0v) is 17.3. The van der Waals surface area contributed by atoms with Gasteiger partial charge in [-0.15, -0.1) is 11.3 Å². The van der Waals surface area contributed by atoms with Gasteiger partial charge in [-0.05, 0) is 52.2 Å². The Morgan fingerprint density at radius 3 is 2.85 bits per heavy atom. The molecule has 0 radical (unpaired) electrons. The number of thiophene rings is 2. The van der Waals surface area contributed by atoms with Crippen LogP contribution in [0.5, 0.6) is 11.5 Å². The molecule has 5 heteroatoms. The Morgan fingerprint density at radius 1 is 1.27 bits per heavy atom. The van der Waals surface area contributed by atoms with E-state index in [1.807, 2.05) is 6.33 Å². The van der Waals surface area contributed by atoms with Crippen LogP contribution in [0.1, 0.15) is 31.2 Å². The molecular weight excluding hydrogens is 360 g/mol. The zero-order valence-electron chi connectivity index (χ0n) is 15.6. The van der Waals surface area contributed by atoms with Crippen molar-refractivity contribution in [1.82, 2.24) is 4.98 Å². The summed E-state index contributed by atoms with van der Waals surface area (Å²) in [7, 11) is 2.08. The third kappa shape index (κ3) is 2.23. The van der Waals surface area contributed by atoms with Gasteiger partial charge in [0.25, 0.3) is 6.33 Å². The first kappa shape index (κ1) is 16.2. The van der Waals surface area contributed by atoms with Crippen molar-refractivity contribution in [3.63, 3.8) is 0 Å². The number of aromatic nitrogens is 2. The highest BCUT2D eigenvalue weighted by molar-refractivity contribution is 7.19. The number of fused-ring (bicyclic) bond motifs is 3. The average Bonchev–Trinajstić information content (AvgIpc) is 3.15. The first-order chi connectivity index (χ1) is 12.3. The molecule has 0 unspecified atom stereocenters. The molecule has 132 valence electrons. The molecule has 0 bridgehead atoms. The van der Waals surface area contributed by atoms with Crippen LogP contribution in [0.3, 0.4) is 0 Å². The summed E-state index contributed by atoms with van der Waals surface area (Å²) in [4.78, 5) is 7.06. The molecule has 0 N–H and O–H groups in total. The van der Waals surface area contributed by atoms with E-state index in [1.165, 1.54) is 37.2 Å². The second-order valence-electron chi connectivity index (χ2n) is 8.29. The Bertz CT molecular complexity index is 1190. The van der Waals surface area contributed by atoms with Gasteiger partial charge in [-0.2, -0.15) is 0 Å². The third-order valence-electron chi connectivity index (χ3n) is 4.97. The van der Waals surface area contributed by atoms with Crippen molar-refractivity contribution in [3.05, 3.63) is 34.3 Å². The molecule has 0 spiro atoms. The molecule has 0 atom stereocenters. The number of aryl methyl sites for hydroxylation is 2. The van der Waals surface area contributed by atoms with E-state index in [0.717, 1.165) is 22.8 Å². The maximum absolute atomic E-state index is 6.54. The van der Waals surface area contributed by atoms with E-state index in [0.29, 0.717) is 0 Å². The standard InChI is InChI=1S/C21H21N2OS2/c1-11-12-6-7-25-14(12)8-13-16(11)18-17-19(24-13)15(9-21(2,3)4)26-20(17)22-10-23(18)5/h6-8,10H,9H2,1-5H3/q+1. The lowest BCUT2D eigenvalue weighted by molar-refractivity contribution is -0.662. The summed E-state index contributed by atoms with van der Waals surface area (Å²) in [6.45, 7) is 9.02. The van der Waals surface area contributed by atoms with Crippen molar-refractivity contribution in [2.45, 2.75) is 34.1 Å². The molecule has 1 aromatic carbocycles. The number of hydrogen-bond donors (Lipinski definition) is 0. The van der Waals surface area contributed by atoms with Crippen LogP contribution in [0.4, 0.5) is 0 Å². The first-order valence-electron chi connectivity index (χ1n) is 8.82. The third-order valence-corrected chi connectivity index (χ3v) is 6.92. The first-order valence-corrected chi connectivity index (χ1v) is 10.5. The Labute approximate surface area is 160 Å². The van der Waals surface area contributed by atoms with Crippen molar-refractivity contribution < 1.29 is 9.30 Å². The van der Waals surface area contributed by atoms with Crippen LogP contribution in [0.2, 0.25) is 0 Å². The summed E-state index contributed by atoms with van der Waals surface area (Å²) in [6.07, 6.45) is 2.92. The molecular formula is C21H21N2OS2+. The smallest absolute Gasteiger partial charge is 0.288 e. The number of rotatable bonds is 1. The summed E-state index contributed by atoms with van der Waals surface area (Å²) >= 11 is 3.55. The van der Waals surface area contributed by atoms with Gasteiger partial charge in [-0.1, -0.05) is 32.1 Å². The minimum absolute atomic E-state index is 0.205. The monoisotopic (exact) mass is 381 g/mol. The second-order valence-corrected chi connectivity index (χ2v) is 10.3. The maximum Gasteiger partial charge on any atom is 0.288 e. The van der Waals surface area contributed by atoms with Gasteiger partial charge in [0.1, 0.15) is 11.1 Å². The largest absolute Gasteiger partial charge is 0.454 e. The van der Waals surface area contributed by atoms with Gasteiger partial charge in [0.15, 0.2) is 11.4 Å². The predicted octanol–water partition coefficient (Wildman–Crippen LogP) is 6.01. The highest BCUT2D eigenvalue weighted by Gasteiger charge is 2.34. The number of nitrogens with zero attached hydrogens (tertiary/aromatic N) is 2. The molecule has 3 nitrogen and oxygen atoms in total. The van der Waals surface area contributed by atoms with E-state index in [-0.39, 0.29) is 5.41 Å². The highest BCUT2D eigenvalue weighted by Crippen LogP contribution is 2.52. The van der Waals surface area contributed by atoms with Gasteiger partial charge in [0.2, 0.25) is 4.83 Å². The normalized spacial score (nSPS) is 13.3. The summed E-state index contributed by atoms with van der Waals surface area (Å²) in [5.74, 6) is 1.99. The second kappa shape index (κ2) is 5.27. The van der Waals surface area contributed by atoms with E-state index in [9.17, 15) is 0 Å². The Kier molecular flexibility index (Phi) is 3.29. The lowest BCUT2D eigenvalue weighted by atomic mass is 9.90. The van der Waals surface area contributed by atoms with Crippen molar-refractivity contribution in [2.75, 3.05) is 0 Å². The van der Waals surface area contributed by atoms with Crippen LogP contribution in [-0.2, 0) is 13.5 Å². The quantitative estimate of drug-likeness (QED) is 0.333. The van der Waals surface area contributed by atoms with E-state index < -0.39 is 0 Å². The number of ether oxygens (including phenoxy) is 1. The fourth-order valence-electron chi connectivity index (χ4n) is 3.87. The summed E-state index contributed by atoms with van der Waals surface area (Å²) < 4.78 is 9.97. The molecule has 1 aliphatic heterocycles. The van der Waals surface area contributed by atoms with Gasteiger partial charge in [-0.3, -0.25) is 0 Å². The van der Waals surface area contributed by atoms with E-state index in [1.54, 1.807) is 22.7 Å². The van der Waals surface area contributed by atoms with E-state index in [2.05, 4.69) is 56.8 Å². The molecule has 5 rings (SSSR count). The van der Waals surface area contributed by atoms with Gasteiger partial charge in [0, 0.05) is 4.70 Å². The molecule has 4 heterocycles. The fourth-order valence-corrected chi connectivity index (χ4v) is 6.11. The van der Waals surface area contributed by atoms with Crippen LogP contribution < -0.4 is 9.30 Å². The maximum atomic E-state index is 6.54. The summed E-state index contributed by atoms with van der Waals surface area (Å²) in [5, 5.41) is 4.64. The van der Waals surface area contributed by atoms with E-state index >= 15 is 0 Å². The molecule has 0 aliphatic carbocycles. The topological polar surface area (TPSA) is 26.0 Å². The van der Waals surface area contributed by atoms with Gasteiger partial charge < -0.3 is 4.74 Å². The van der Waals surface area contributed by atoms with Crippen LogP contribution in [0, 0.1) is 12.3 Å².